The maximum atomic E-state index is 9.28. The molecule has 16 heavy (non-hydrogen) atoms. The van der Waals surface area contributed by atoms with E-state index < -0.39 is 0 Å². The predicted octanol–water partition coefficient (Wildman–Crippen LogP) is 1.80. The molecule has 1 aromatic rings. The minimum Gasteiger partial charge on any atom is -0.497 e. The standard InChI is InChI=1S/C12H16O3S/c1-14-10-2-4-11(5-3-10)16-9-12(6-13)7-15-8-12/h2-5,13H,6-9H2,1H3. The Labute approximate surface area is 99.8 Å². The molecule has 1 saturated heterocycles. The molecular weight excluding hydrogens is 224 g/mol. The summed E-state index contributed by atoms with van der Waals surface area (Å²) in [5.41, 5.74) is -0.0232. The van der Waals surface area contributed by atoms with E-state index in [4.69, 9.17) is 9.47 Å². The van der Waals surface area contributed by atoms with Crippen molar-refractivity contribution in [3.63, 3.8) is 0 Å². The first-order valence-electron chi connectivity index (χ1n) is 5.23. The zero-order valence-electron chi connectivity index (χ0n) is 9.31. The molecule has 0 saturated carbocycles. The smallest absolute Gasteiger partial charge is 0.118 e. The van der Waals surface area contributed by atoms with Crippen LogP contribution in [0.4, 0.5) is 0 Å². The van der Waals surface area contributed by atoms with E-state index in [0.29, 0.717) is 13.2 Å². The molecule has 2 rings (SSSR count). The zero-order chi connectivity index (χ0) is 11.4. The molecule has 0 bridgehead atoms. The van der Waals surface area contributed by atoms with Crippen molar-refractivity contribution in [1.82, 2.24) is 0 Å². The van der Waals surface area contributed by atoms with Crippen molar-refractivity contribution in [3.05, 3.63) is 24.3 Å². The summed E-state index contributed by atoms with van der Waals surface area (Å²) in [5.74, 6) is 1.77. The van der Waals surface area contributed by atoms with E-state index in [-0.39, 0.29) is 12.0 Å². The Hall–Kier alpha value is -0.710. The Balaban J connectivity index is 1.89. The van der Waals surface area contributed by atoms with E-state index in [0.717, 1.165) is 11.5 Å². The Kier molecular flexibility index (Phi) is 3.74. The highest BCUT2D eigenvalue weighted by atomic mass is 32.2. The summed E-state index contributed by atoms with van der Waals surface area (Å²) in [4.78, 5) is 1.19. The van der Waals surface area contributed by atoms with Crippen molar-refractivity contribution < 1.29 is 14.6 Å². The van der Waals surface area contributed by atoms with Gasteiger partial charge in [0.05, 0.1) is 26.9 Å². The maximum Gasteiger partial charge on any atom is 0.118 e. The van der Waals surface area contributed by atoms with Gasteiger partial charge in [0.25, 0.3) is 0 Å². The first-order chi connectivity index (χ1) is 7.78. The van der Waals surface area contributed by atoms with Gasteiger partial charge in [0.2, 0.25) is 0 Å². The second-order valence-corrected chi connectivity index (χ2v) is 5.16. The van der Waals surface area contributed by atoms with E-state index >= 15 is 0 Å². The third kappa shape index (κ3) is 2.51. The number of aliphatic hydroxyl groups excluding tert-OH is 1. The molecule has 1 heterocycles. The van der Waals surface area contributed by atoms with Crippen molar-refractivity contribution in [2.45, 2.75) is 4.90 Å². The number of thioether (sulfide) groups is 1. The van der Waals surface area contributed by atoms with Crippen molar-refractivity contribution in [1.29, 1.82) is 0 Å². The van der Waals surface area contributed by atoms with Crippen LogP contribution in [0.3, 0.4) is 0 Å². The average molecular weight is 240 g/mol. The van der Waals surface area contributed by atoms with Gasteiger partial charge in [-0.15, -0.1) is 11.8 Å². The van der Waals surface area contributed by atoms with Gasteiger partial charge in [0, 0.05) is 16.1 Å². The molecule has 1 N–H and O–H groups in total. The number of hydrogen-bond donors (Lipinski definition) is 1. The summed E-state index contributed by atoms with van der Waals surface area (Å²) in [6.07, 6.45) is 0. The summed E-state index contributed by atoms with van der Waals surface area (Å²) in [5, 5.41) is 9.28. The molecule has 0 radical (unpaired) electrons. The monoisotopic (exact) mass is 240 g/mol. The fourth-order valence-corrected chi connectivity index (χ4v) is 2.58. The Bertz CT molecular complexity index is 327. The minimum absolute atomic E-state index is 0.0232. The lowest BCUT2D eigenvalue weighted by atomic mass is 9.90. The van der Waals surface area contributed by atoms with Gasteiger partial charge < -0.3 is 14.6 Å². The van der Waals surface area contributed by atoms with Crippen LogP contribution in [0.5, 0.6) is 5.75 Å². The number of rotatable bonds is 5. The van der Waals surface area contributed by atoms with Crippen molar-refractivity contribution in [3.8, 4) is 5.75 Å². The van der Waals surface area contributed by atoms with Crippen LogP contribution in [-0.2, 0) is 4.74 Å². The normalized spacial score (nSPS) is 17.9. The molecule has 0 unspecified atom stereocenters. The Morgan fingerprint density at radius 3 is 2.50 bits per heavy atom. The lowest BCUT2D eigenvalue weighted by Gasteiger charge is -2.39. The van der Waals surface area contributed by atoms with E-state index in [1.54, 1.807) is 18.9 Å². The Morgan fingerprint density at radius 2 is 2.06 bits per heavy atom. The molecule has 1 aliphatic heterocycles. The highest BCUT2D eigenvalue weighted by Gasteiger charge is 2.37. The maximum absolute atomic E-state index is 9.28. The molecule has 1 fully saturated rings. The van der Waals surface area contributed by atoms with Crippen LogP contribution in [0.2, 0.25) is 0 Å². The van der Waals surface area contributed by atoms with Crippen LogP contribution in [0, 0.1) is 5.41 Å². The molecule has 3 nitrogen and oxygen atoms in total. The number of hydrogen-bond acceptors (Lipinski definition) is 4. The third-order valence-electron chi connectivity index (χ3n) is 2.76. The van der Waals surface area contributed by atoms with E-state index in [2.05, 4.69) is 0 Å². The molecule has 0 aliphatic carbocycles. The molecule has 0 spiro atoms. The summed E-state index contributed by atoms with van der Waals surface area (Å²) in [6.45, 7) is 1.55. The zero-order valence-corrected chi connectivity index (χ0v) is 10.1. The summed E-state index contributed by atoms with van der Waals surface area (Å²) >= 11 is 1.75. The van der Waals surface area contributed by atoms with Crippen LogP contribution >= 0.6 is 11.8 Å². The van der Waals surface area contributed by atoms with Crippen LogP contribution in [0.25, 0.3) is 0 Å². The van der Waals surface area contributed by atoms with Crippen molar-refractivity contribution >= 4 is 11.8 Å². The first kappa shape index (κ1) is 11.8. The van der Waals surface area contributed by atoms with Crippen LogP contribution in [0.1, 0.15) is 0 Å². The van der Waals surface area contributed by atoms with Gasteiger partial charge in [-0.1, -0.05) is 0 Å². The third-order valence-corrected chi connectivity index (χ3v) is 4.12. The van der Waals surface area contributed by atoms with Gasteiger partial charge in [-0.2, -0.15) is 0 Å². The van der Waals surface area contributed by atoms with Gasteiger partial charge in [-0.05, 0) is 24.3 Å². The molecule has 88 valence electrons. The SMILES string of the molecule is COc1ccc(SCC2(CO)COC2)cc1. The first-order valence-corrected chi connectivity index (χ1v) is 6.22. The minimum atomic E-state index is -0.0232. The fraction of sp³-hybridized carbons (Fsp3) is 0.500. The molecule has 1 aliphatic rings. The quantitative estimate of drug-likeness (QED) is 0.796. The van der Waals surface area contributed by atoms with E-state index in [9.17, 15) is 5.11 Å². The average Bonchev–Trinajstić information content (AvgIpc) is 2.29. The van der Waals surface area contributed by atoms with Gasteiger partial charge in [0.15, 0.2) is 0 Å². The van der Waals surface area contributed by atoms with Crippen molar-refractivity contribution in [2.24, 2.45) is 5.41 Å². The predicted molar refractivity (Wildman–Crippen MR) is 64.1 cm³/mol. The largest absolute Gasteiger partial charge is 0.497 e. The highest BCUT2D eigenvalue weighted by molar-refractivity contribution is 7.99. The second-order valence-electron chi connectivity index (χ2n) is 4.12. The van der Waals surface area contributed by atoms with Crippen LogP contribution in [0.15, 0.2) is 29.2 Å². The lowest BCUT2D eigenvalue weighted by molar-refractivity contribution is -0.121. The Morgan fingerprint density at radius 1 is 1.38 bits per heavy atom. The van der Waals surface area contributed by atoms with E-state index in [1.165, 1.54) is 4.90 Å². The molecule has 0 aromatic heterocycles. The summed E-state index contributed by atoms with van der Waals surface area (Å²) in [6, 6.07) is 7.97. The molecular formula is C12H16O3S. The van der Waals surface area contributed by atoms with Gasteiger partial charge in [-0.3, -0.25) is 0 Å². The topological polar surface area (TPSA) is 38.7 Å². The summed E-state index contributed by atoms with van der Waals surface area (Å²) < 4.78 is 10.3. The summed E-state index contributed by atoms with van der Waals surface area (Å²) in [7, 11) is 1.66. The number of methoxy groups -OCH3 is 1. The van der Waals surface area contributed by atoms with Crippen LogP contribution < -0.4 is 4.74 Å². The van der Waals surface area contributed by atoms with Crippen LogP contribution in [-0.4, -0.2) is 37.8 Å². The van der Waals surface area contributed by atoms with Gasteiger partial charge in [0.1, 0.15) is 5.75 Å². The number of aliphatic hydroxyl groups is 1. The van der Waals surface area contributed by atoms with E-state index in [1.807, 2.05) is 24.3 Å². The van der Waals surface area contributed by atoms with Gasteiger partial charge >= 0.3 is 0 Å². The van der Waals surface area contributed by atoms with Gasteiger partial charge in [-0.25, -0.2) is 0 Å². The highest BCUT2D eigenvalue weighted by Crippen LogP contribution is 2.34. The van der Waals surface area contributed by atoms with Crippen molar-refractivity contribution in [2.75, 3.05) is 32.7 Å². The lowest BCUT2D eigenvalue weighted by Crippen LogP contribution is -2.47. The second kappa shape index (κ2) is 5.08. The molecule has 0 atom stereocenters. The molecule has 4 heteroatoms. The molecule has 0 amide bonds. The molecule has 1 aromatic carbocycles. The fourth-order valence-electron chi connectivity index (χ4n) is 1.52. The number of ether oxygens (including phenoxy) is 2. The number of benzene rings is 1.